The van der Waals surface area contributed by atoms with Gasteiger partial charge in [-0.1, -0.05) is 6.07 Å². The van der Waals surface area contributed by atoms with E-state index in [1.165, 1.54) is 28.9 Å². The van der Waals surface area contributed by atoms with Crippen molar-refractivity contribution in [2.24, 2.45) is 0 Å². The van der Waals surface area contributed by atoms with Crippen molar-refractivity contribution in [2.45, 2.75) is 0 Å². The molecule has 0 aliphatic rings. The fourth-order valence-electron chi connectivity index (χ4n) is 1.97. The molecular weight excluding hydrogens is 260 g/mol. The minimum absolute atomic E-state index is 0.322. The van der Waals surface area contributed by atoms with Gasteiger partial charge in [0.05, 0.1) is 17.6 Å². The van der Waals surface area contributed by atoms with Gasteiger partial charge < -0.3 is 5.73 Å². The molecule has 20 heavy (non-hydrogen) atoms. The molecule has 0 aliphatic carbocycles. The van der Waals surface area contributed by atoms with Gasteiger partial charge in [-0.05, 0) is 42.5 Å². The molecule has 0 radical (unpaired) electrons. The SMILES string of the molecule is Nc1cn(-c2cccc(F)c2)nc1-c1ccc(F)cc1. The summed E-state index contributed by atoms with van der Waals surface area (Å²) in [6.07, 6.45) is 1.60. The molecule has 0 aliphatic heterocycles. The highest BCUT2D eigenvalue weighted by molar-refractivity contribution is 5.72. The van der Waals surface area contributed by atoms with Crippen molar-refractivity contribution in [1.82, 2.24) is 9.78 Å². The first-order valence-corrected chi connectivity index (χ1v) is 6.00. The number of halogens is 2. The quantitative estimate of drug-likeness (QED) is 0.776. The lowest BCUT2D eigenvalue weighted by molar-refractivity contribution is 0.625. The summed E-state index contributed by atoms with van der Waals surface area (Å²) in [7, 11) is 0. The zero-order valence-corrected chi connectivity index (χ0v) is 10.4. The van der Waals surface area contributed by atoms with Gasteiger partial charge in [-0.15, -0.1) is 0 Å². The molecule has 2 N–H and O–H groups in total. The molecule has 0 spiro atoms. The van der Waals surface area contributed by atoms with E-state index >= 15 is 0 Å². The molecule has 3 rings (SSSR count). The lowest BCUT2D eigenvalue weighted by Gasteiger charge is -2.01. The number of aromatic nitrogens is 2. The highest BCUT2D eigenvalue weighted by atomic mass is 19.1. The van der Waals surface area contributed by atoms with Gasteiger partial charge in [0.25, 0.3) is 0 Å². The fourth-order valence-corrected chi connectivity index (χ4v) is 1.97. The Balaban J connectivity index is 2.05. The van der Waals surface area contributed by atoms with Gasteiger partial charge in [-0.25, -0.2) is 13.5 Å². The van der Waals surface area contributed by atoms with E-state index in [1.54, 1.807) is 30.5 Å². The Kier molecular flexibility index (Phi) is 2.95. The van der Waals surface area contributed by atoms with Crippen LogP contribution in [0.3, 0.4) is 0 Å². The minimum Gasteiger partial charge on any atom is -0.396 e. The summed E-state index contributed by atoms with van der Waals surface area (Å²) in [5.41, 5.74) is 8.18. The van der Waals surface area contributed by atoms with Crippen LogP contribution in [0.5, 0.6) is 0 Å². The van der Waals surface area contributed by atoms with E-state index in [1.807, 2.05) is 0 Å². The molecule has 0 unspecified atom stereocenters. The molecule has 1 heterocycles. The van der Waals surface area contributed by atoms with Crippen LogP contribution in [-0.4, -0.2) is 9.78 Å². The van der Waals surface area contributed by atoms with Crippen LogP contribution in [0.4, 0.5) is 14.5 Å². The summed E-state index contributed by atoms with van der Waals surface area (Å²) in [6, 6.07) is 11.9. The van der Waals surface area contributed by atoms with Gasteiger partial charge >= 0.3 is 0 Å². The standard InChI is InChI=1S/C15H11F2N3/c16-11-6-4-10(5-7-11)15-14(18)9-20(19-15)13-3-1-2-12(17)8-13/h1-9H,18H2. The molecule has 0 fully saturated rings. The maximum atomic E-state index is 13.2. The minimum atomic E-state index is -0.347. The molecule has 0 saturated heterocycles. The average Bonchev–Trinajstić information content (AvgIpc) is 2.82. The van der Waals surface area contributed by atoms with Crippen LogP contribution in [0.1, 0.15) is 0 Å². The molecule has 2 aromatic carbocycles. The summed E-state index contributed by atoms with van der Waals surface area (Å²) in [4.78, 5) is 0. The molecule has 0 saturated carbocycles. The van der Waals surface area contributed by atoms with Gasteiger partial charge in [-0.3, -0.25) is 0 Å². The second-order valence-corrected chi connectivity index (χ2v) is 4.36. The van der Waals surface area contributed by atoms with Crippen molar-refractivity contribution >= 4 is 5.69 Å². The maximum absolute atomic E-state index is 13.2. The van der Waals surface area contributed by atoms with E-state index in [9.17, 15) is 8.78 Å². The third-order valence-electron chi connectivity index (χ3n) is 2.93. The first kappa shape index (κ1) is 12.3. The van der Waals surface area contributed by atoms with E-state index < -0.39 is 0 Å². The highest BCUT2D eigenvalue weighted by Gasteiger charge is 2.10. The van der Waals surface area contributed by atoms with Gasteiger partial charge in [0.2, 0.25) is 0 Å². The molecule has 5 heteroatoms. The lowest BCUT2D eigenvalue weighted by Crippen LogP contribution is -1.95. The van der Waals surface area contributed by atoms with E-state index in [0.29, 0.717) is 22.6 Å². The van der Waals surface area contributed by atoms with Crippen molar-refractivity contribution in [3.05, 3.63) is 66.4 Å². The second kappa shape index (κ2) is 4.77. The molecule has 0 amide bonds. The predicted molar refractivity (Wildman–Crippen MR) is 73.3 cm³/mol. The first-order valence-electron chi connectivity index (χ1n) is 6.00. The number of nitrogens with two attached hydrogens (primary N) is 1. The Morgan fingerprint density at radius 1 is 0.950 bits per heavy atom. The third-order valence-corrected chi connectivity index (χ3v) is 2.93. The third kappa shape index (κ3) is 2.25. The van der Waals surface area contributed by atoms with Crippen LogP contribution in [0.15, 0.2) is 54.7 Å². The van der Waals surface area contributed by atoms with Crippen molar-refractivity contribution in [1.29, 1.82) is 0 Å². The van der Waals surface area contributed by atoms with E-state index in [4.69, 9.17) is 5.73 Å². The monoisotopic (exact) mass is 271 g/mol. The number of hydrogen-bond donors (Lipinski definition) is 1. The normalized spacial score (nSPS) is 10.7. The van der Waals surface area contributed by atoms with Gasteiger partial charge in [0, 0.05) is 5.56 Å². The Morgan fingerprint density at radius 3 is 2.40 bits per heavy atom. The molecule has 1 aromatic heterocycles. The summed E-state index contributed by atoms with van der Waals surface area (Å²) >= 11 is 0. The van der Waals surface area contributed by atoms with Gasteiger partial charge in [-0.2, -0.15) is 5.10 Å². The lowest BCUT2D eigenvalue weighted by atomic mass is 10.1. The number of nitrogens with zero attached hydrogens (tertiary/aromatic N) is 2. The van der Waals surface area contributed by atoms with Crippen LogP contribution >= 0.6 is 0 Å². The summed E-state index contributed by atoms with van der Waals surface area (Å²) in [5.74, 6) is -0.670. The molecular formula is C15H11F2N3. The summed E-state index contributed by atoms with van der Waals surface area (Å²) < 4.78 is 27.6. The molecule has 100 valence electrons. The van der Waals surface area contributed by atoms with Crippen molar-refractivity contribution in [3.63, 3.8) is 0 Å². The van der Waals surface area contributed by atoms with Crippen LogP contribution in [0.25, 0.3) is 16.9 Å². The maximum Gasteiger partial charge on any atom is 0.125 e. The van der Waals surface area contributed by atoms with Crippen molar-refractivity contribution in [3.8, 4) is 16.9 Å². The summed E-state index contributed by atoms with van der Waals surface area (Å²) in [5, 5.41) is 4.32. The zero-order valence-electron chi connectivity index (χ0n) is 10.4. The first-order chi connectivity index (χ1) is 9.63. The Morgan fingerprint density at radius 2 is 1.70 bits per heavy atom. The predicted octanol–water partition coefficient (Wildman–Crippen LogP) is 3.40. The van der Waals surface area contributed by atoms with E-state index in [2.05, 4.69) is 5.10 Å². The average molecular weight is 271 g/mol. The number of nitrogen functional groups attached to an aromatic ring is 1. The number of anilines is 1. The molecule has 0 atom stereocenters. The van der Waals surface area contributed by atoms with E-state index in [0.717, 1.165) is 0 Å². The number of rotatable bonds is 2. The highest BCUT2D eigenvalue weighted by Crippen LogP contribution is 2.25. The molecule has 3 nitrogen and oxygen atoms in total. The Labute approximate surface area is 114 Å². The van der Waals surface area contributed by atoms with Crippen LogP contribution in [-0.2, 0) is 0 Å². The Hall–Kier alpha value is -2.69. The zero-order chi connectivity index (χ0) is 14.1. The van der Waals surface area contributed by atoms with Crippen LogP contribution in [0.2, 0.25) is 0 Å². The van der Waals surface area contributed by atoms with Crippen LogP contribution in [0, 0.1) is 11.6 Å². The second-order valence-electron chi connectivity index (χ2n) is 4.36. The van der Waals surface area contributed by atoms with Crippen LogP contribution < -0.4 is 5.73 Å². The largest absolute Gasteiger partial charge is 0.396 e. The summed E-state index contributed by atoms with van der Waals surface area (Å²) in [6.45, 7) is 0. The molecule has 0 bridgehead atoms. The molecule has 3 aromatic rings. The van der Waals surface area contributed by atoms with Crippen molar-refractivity contribution < 1.29 is 8.78 Å². The Bertz CT molecular complexity index is 748. The topological polar surface area (TPSA) is 43.8 Å². The number of hydrogen-bond acceptors (Lipinski definition) is 2. The number of benzene rings is 2. The fraction of sp³-hybridized carbons (Fsp3) is 0. The smallest absolute Gasteiger partial charge is 0.125 e. The van der Waals surface area contributed by atoms with Crippen molar-refractivity contribution in [2.75, 3.05) is 5.73 Å². The van der Waals surface area contributed by atoms with E-state index in [-0.39, 0.29) is 11.6 Å². The van der Waals surface area contributed by atoms with Gasteiger partial charge in [0.1, 0.15) is 17.3 Å². The van der Waals surface area contributed by atoms with Gasteiger partial charge in [0.15, 0.2) is 0 Å².